The van der Waals surface area contributed by atoms with E-state index in [0.717, 1.165) is 31.2 Å². The van der Waals surface area contributed by atoms with E-state index in [-0.39, 0.29) is 11.8 Å². The Labute approximate surface area is 188 Å². The van der Waals surface area contributed by atoms with Crippen LogP contribution in [0.2, 0.25) is 0 Å². The fourth-order valence-electron chi connectivity index (χ4n) is 3.96. The zero-order valence-electron chi connectivity index (χ0n) is 19.9. The van der Waals surface area contributed by atoms with Crippen LogP contribution < -0.4 is 10.6 Å². The van der Waals surface area contributed by atoms with Crippen molar-refractivity contribution in [1.29, 1.82) is 0 Å². The van der Waals surface area contributed by atoms with Crippen molar-refractivity contribution >= 4 is 11.9 Å². The van der Waals surface area contributed by atoms with Crippen molar-refractivity contribution in [1.82, 2.24) is 20.4 Å². The summed E-state index contributed by atoms with van der Waals surface area (Å²) in [6.07, 6.45) is 0. The summed E-state index contributed by atoms with van der Waals surface area (Å²) in [5, 5.41) is 6.75. The van der Waals surface area contributed by atoms with Gasteiger partial charge in [0.15, 0.2) is 5.96 Å². The van der Waals surface area contributed by atoms with Crippen LogP contribution in [-0.2, 0) is 9.53 Å². The molecule has 0 radical (unpaired) electrons. The number of hydrogen-bond acceptors (Lipinski definition) is 4. The molecule has 1 atom stereocenters. The standard InChI is InChI=1S/C24H41N5O2/c1-6-25-24(26-12-13-29(19(2)3)20(4)5)27-18-22(21-10-8-7-9-11-21)23(30)28-14-16-31-17-15-28/h7-11,19-20,22H,6,12-18H2,1-5H3,(H2,25,26,27). The average Bonchev–Trinajstić information content (AvgIpc) is 2.77. The van der Waals surface area contributed by atoms with E-state index in [0.29, 0.717) is 44.9 Å². The quantitative estimate of drug-likeness (QED) is 0.440. The third-order valence-corrected chi connectivity index (χ3v) is 5.59. The molecular weight excluding hydrogens is 390 g/mol. The molecule has 0 bridgehead atoms. The van der Waals surface area contributed by atoms with Crippen molar-refractivity contribution in [3.63, 3.8) is 0 Å². The Morgan fingerprint density at radius 1 is 1.10 bits per heavy atom. The number of guanidine groups is 1. The minimum Gasteiger partial charge on any atom is -0.378 e. The summed E-state index contributed by atoms with van der Waals surface area (Å²) in [6, 6.07) is 11.0. The molecule has 1 aliphatic heterocycles. The molecule has 174 valence electrons. The van der Waals surface area contributed by atoms with E-state index in [4.69, 9.17) is 9.73 Å². The van der Waals surface area contributed by atoms with Gasteiger partial charge in [0.2, 0.25) is 5.91 Å². The number of hydrogen-bond donors (Lipinski definition) is 2. The zero-order valence-corrected chi connectivity index (χ0v) is 19.9. The van der Waals surface area contributed by atoms with Crippen molar-refractivity contribution in [2.24, 2.45) is 4.99 Å². The Morgan fingerprint density at radius 3 is 2.32 bits per heavy atom. The van der Waals surface area contributed by atoms with Crippen LogP contribution in [0.4, 0.5) is 0 Å². The van der Waals surface area contributed by atoms with E-state index >= 15 is 0 Å². The van der Waals surface area contributed by atoms with Crippen LogP contribution in [0.5, 0.6) is 0 Å². The Morgan fingerprint density at radius 2 is 1.74 bits per heavy atom. The molecule has 2 N–H and O–H groups in total. The van der Waals surface area contributed by atoms with Gasteiger partial charge in [-0.3, -0.25) is 14.7 Å². The molecule has 31 heavy (non-hydrogen) atoms. The summed E-state index contributed by atoms with van der Waals surface area (Å²) < 4.78 is 5.42. The van der Waals surface area contributed by atoms with Gasteiger partial charge in [0.05, 0.1) is 25.7 Å². The number of nitrogens with zero attached hydrogens (tertiary/aromatic N) is 3. The van der Waals surface area contributed by atoms with Crippen LogP contribution in [-0.4, -0.2) is 86.2 Å². The molecular formula is C24H41N5O2. The van der Waals surface area contributed by atoms with Gasteiger partial charge in [0.25, 0.3) is 0 Å². The molecule has 0 aromatic heterocycles. The van der Waals surface area contributed by atoms with Crippen LogP contribution in [0.1, 0.15) is 46.1 Å². The first-order chi connectivity index (χ1) is 14.9. The number of carbonyl (C=O) groups excluding carboxylic acids is 1. The van der Waals surface area contributed by atoms with E-state index in [1.165, 1.54) is 0 Å². The van der Waals surface area contributed by atoms with Gasteiger partial charge in [0, 0.05) is 44.8 Å². The lowest BCUT2D eigenvalue weighted by molar-refractivity contribution is -0.136. The monoisotopic (exact) mass is 431 g/mol. The van der Waals surface area contributed by atoms with E-state index < -0.39 is 0 Å². The zero-order chi connectivity index (χ0) is 22.6. The predicted molar refractivity (Wildman–Crippen MR) is 128 cm³/mol. The molecule has 1 saturated heterocycles. The van der Waals surface area contributed by atoms with Gasteiger partial charge >= 0.3 is 0 Å². The van der Waals surface area contributed by atoms with Crippen LogP contribution in [0, 0.1) is 0 Å². The highest BCUT2D eigenvalue weighted by atomic mass is 16.5. The molecule has 0 spiro atoms. The Bertz CT molecular complexity index is 664. The second-order valence-corrected chi connectivity index (χ2v) is 8.47. The summed E-state index contributed by atoms with van der Waals surface area (Å²) in [6.45, 7) is 16.4. The smallest absolute Gasteiger partial charge is 0.232 e. The fraction of sp³-hybridized carbons (Fsp3) is 0.667. The van der Waals surface area contributed by atoms with Crippen LogP contribution in [0.15, 0.2) is 35.3 Å². The van der Waals surface area contributed by atoms with Gasteiger partial charge in [-0.15, -0.1) is 0 Å². The lowest BCUT2D eigenvalue weighted by Gasteiger charge is -2.31. The highest BCUT2D eigenvalue weighted by Gasteiger charge is 2.27. The number of amides is 1. The van der Waals surface area contributed by atoms with Crippen molar-refractivity contribution in [2.45, 2.75) is 52.6 Å². The van der Waals surface area contributed by atoms with Crippen molar-refractivity contribution in [2.75, 3.05) is 52.5 Å². The fourth-order valence-corrected chi connectivity index (χ4v) is 3.96. The summed E-state index contributed by atoms with van der Waals surface area (Å²) in [5.74, 6) is 0.586. The summed E-state index contributed by atoms with van der Waals surface area (Å²) in [4.78, 5) is 22.4. The summed E-state index contributed by atoms with van der Waals surface area (Å²) in [5.41, 5.74) is 1.00. The molecule has 7 heteroatoms. The highest BCUT2D eigenvalue weighted by molar-refractivity contribution is 5.85. The number of benzene rings is 1. The molecule has 2 rings (SSSR count). The number of morpholine rings is 1. The molecule has 1 aliphatic rings. The lowest BCUT2D eigenvalue weighted by Crippen LogP contribution is -2.46. The van der Waals surface area contributed by atoms with Crippen LogP contribution in [0.25, 0.3) is 0 Å². The number of carbonyl (C=O) groups is 1. The Kier molecular flexibility index (Phi) is 10.8. The van der Waals surface area contributed by atoms with Crippen molar-refractivity contribution in [3.8, 4) is 0 Å². The van der Waals surface area contributed by atoms with E-state index in [1.807, 2.05) is 35.2 Å². The second kappa shape index (κ2) is 13.3. The number of nitrogens with one attached hydrogen (secondary N) is 2. The minimum absolute atomic E-state index is 0.125. The van der Waals surface area contributed by atoms with Crippen molar-refractivity contribution < 1.29 is 9.53 Å². The first kappa shape index (κ1) is 25.1. The van der Waals surface area contributed by atoms with Crippen LogP contribution >= 0.6 is 0 Å². The maximum Gasteiger partial charge on any atom is 0.232 e. The molecule has 1 unspecified atom stereocenters. The number of rotatable bonds is 10. The number of aliphatic imine (C=N–C) groups is 1. The predicted octanol–water partition coefficient (Wildman–Crippen LogP) is 2.30. The van der Waals surface area contributed by atoms with E-state index in [2.05, 4.69) is 50.2 Å². The van der Waals surface area contributed by atoms with Gasteiger partial charge in [-0.05, 0) is 40.2 Å². The van der Waals surface area contributed by atoms with Crippen LogP contribution in [0.3, 0.4) is 0 Å². The molecule has 1 heterocycles. The second-order valence-electron chi connectivity index (χ2n) is 8.47. The molecule has 1 aromatic carbocycles. The number of ether oxygens (including phenoxy) is 1. The van der Waals surface area contributed by atoms with Gasteiger partial charge in [0.1, 0.15) is 0 Å². The third kappa shape index (κ3) is 8.15. The molecule has 0 aliphatic carbocycles. The van der Waals surface area contributed by atoms with Gasteiger partial charge in [-0.25, -0.2) is 0 Å². The maximum absolute atomic E-state index is 13.3. The molecule has 1 fully saturated rings. The highest BCUT2D eigenvalue weighted by Crippen LogP contribution is 2.20. The van der Waals surface area contributed by atoms with E-state index in [9.17, 15) is 4.79 Å². The normalized spacial score (nSPS) is 16.1. The summed E-state index contributed by atoms with van der Waals surface area (Å²) in [7, 11) is 0. The SMILES string of the molecule is CCNC(=NCC(C(=O)N1CCOCC1)c1ccccc1)NCCN(C(C)C)C(C)C. The molecule has 7 nitrogen and oxygen atoms in total. The Balaban J connectivity index is 2.07. The van der Waals surface area contributed by atoms with Crippen molar-refractivity contribution in [3.05, 3.63) is 35.9 Å². The first-order valence-corrected chi connectivity index (χ1v) is 11.6. The van der Waals surface area contributed by atoms with Gasteiger partial charge in [-0.1, -0.05) is 30.3 Å². The third-order valence-electron chi connectivity index (χ3n) is 5.59. The first-order valence-electron chi connectivity index (χ1n) is 11.6. The van der Waals surface area contributed by atoms with Gasteiger partial charge in [-0.2, -0.15) is 0 Å². The summed E-state index contributed by atoms with van der Waals surface area (Å²) >= 11 is 0. The van der Waals surface area contributed by atoms with E-state index in [1.54, 1.807) is 0 Å². The largest absolute Gasteiger partial charge is 0.378 e. The maximum atomic E-state index is 13.3. The molecule has 1 aromatic rings. The molecule has 0 saturated carbocycles. The topological polar surface area (TPSA) is 69.2 Å². The lowest BCUT2D eigenvalue weighted by atomic mass is 9.97. The Hall–Kier alpha value is -2.12. The van der Waals surface area contributed by atoms with Gasteiger partial charge < -0.3 is 20.3 Å². The minimum atomic E-state index is -0.294. The molecule has 1 amide bonds. The average molecular weight is 432 g/mol.